The Morgan fingerprint density at radius 3 is 2.59 bits per heavy atom. The Morgan fingerprint density at radius 2 is 2.04 bits per heavy atom. The number of aromatic nitrogens is 1. The number of nitrogens with one attached hydrogen (secondary N) is 2. The van der Waals surface area contributed by atoms with E-state index in [0.717, 1.165) is 49.6 Å². The average Bonchev–Trinajstić information content (AvgIpc) is 3.10. The molecule has 1 atom stereocenters. The van der Waals surface area contributed by atoms with Crippen LogP contribution in [0.25, 0.3) is 0 Å². The number of morpholine rings is 1. The van der Waals surface area contributed by atoms with E-state index in [9.17, 15) is 0 Å². The van der Waals surface area contributed by atoms with Crippen molar-refractivity contribution >= 4 is 46.4 Å². The molecule has 1 aliphatic rings. The topological polar surface area (TPSA) is 65.0 Å². The van der Waals surface area contributed by atoms with E-state index in [1.54, 1.807) is 11.3 Å². The SMILES string of the molecule is CN=C(NCc1csc(N(C)C)n1)NCC(CC(C)C)N1CCOCC1.I. The van der Waals surface area contributed by atoms with Crippen LogP contribution < -0.4 is 15.5 Å². The molecule has 1 fully saturated rings. The molecule has 0 aliphatic carbocycles. The van der Waals surface area contributed by atoms with Crippen LogP contribution in [0.2, 0.25) is 0 Å². The second-order valence-corrected chi connectivity index (χ2v) is 8.09. The summed E-state index contributed by atoms with van der Waals surface area (Å²) in [5, 5.41) is 9.97. The monoisotopic (exact) mass is 510 g/mol. The molecule has 1 saturated heterocycles. The lowest BCUT2D eigenvalue weighted by molar-refractivity contribution is 0.0132. The summed E-state index contributed by atoms with van der Waals surface area (Å²) in [6.45, 7) is 9.82. The molecule has 156 valence electrons. The number of nitrogens with zero attached hydrogens (tertiary/aromatic N) is 4. The van der Waals surface area contributed by atoms with Crippen molar-refractivity contribution in [3.8, 4) is 0 Å². The summed E-state index contributed by atoms with van der Waals surface area (Å²) < 4.78 is 5.50. The predicted molar refractivity (Wildman–Crippen MR) is 126 cm³/mol. The van der Waals surface area contributed by atoms with Crippen molar-refractivity contribution in [2.75, 3.05) is 58.9 Å². The average molecular weight is 510 g/mol. The van der Waals surface area contributed by atoms with Crippen LogP contribution in [0, 0.1) is 5.92 Å². The number of halogens is 1. The Balaban J connectivity index is 0.00000364. The summed E-state index contributed by atoms with van der Waals surface area (Å²) in [4.78, 5) is 13.5. The zero-order valence-corrected chi connectivity index (χ0v) is 20.3. The van der Waals surface area contributed by atoms with Gasteiger partial charge in [-0.3, -0.25) is 9.89 Å². The number of aliphatic imine (C=N–C) groups is 1. The number of ether oxygens (including phenoxy) is 1. The van der Waals surface area contributed by atoms with Gasteiger partial charge >= 0.3 is 0 Å². The minimum absolute atomic E-state index is 0. The first-order valence-electron chi connectivity index (χ1n) is 9.37. The van der Waals surface area contributed by atoms with Crippen LogP contribution in [0.1, 0.15) is 26.0 Å². The third-order valence-electron chi connectivity index (χ3n) is 4.39. The van der Waals surface area contributed by atoms with Crippen molar-refractivity contribution in [3.05, 3.63) is 11.1 Å². The van der Waals surface area contributed by atoms with Gasteiger partial charge in [0.2, 0.25) is 0 Å². The Labute approximate surface area is 185 Å². The summed E-state index contributed by atoms with van der Waals surface area (Å²) in [6.07, 6.45) is 1.17. The van der Waals surface area contributed by atoms with Crippen LogP contribution in [0.15, 0.2) is 10.4 Å². The Bertz CT molecular complexity index is 560. The lowest BCUT2D eigenvalue weighted by Gasteiger charge is -2.35. The molecule has 2 N–H and O–H groups in total. The first-order valence-corrected chi connectivity index (χ1v) is 10.3. The molecule has 7 nitrogen and oxygen atoms in total. The van der Waals surface area contributed by atoms with Gasteiger partial charge in [-0.1, -0.05) is 13.8 Å². The van der Waals surface area contributed by atoms with E-state index >= 15 is 0 Å². The molecule has 0 bridgehead atoms. The minimum Gasteiger partial charge on any atom is -0.379 e. The summed E-state index contributed by atoms with van der Waals surface area (Å²) in [5.41, 5.74) is 1.04. The van der Waals surface area contributed by atoms with Gasteiger partial charge in [0, 0.05) is 52.2 Å². The lowest BCUT2D eigenvalue weighted by atomic mass is 10.0. The number of guanidine groups is 1. The Hall–Kier alpha value is -0.650. The molecule has 1 aromatic rings. The summed E-state index contributed by atoms with van der Waals surface area (Å²) in [6, 6.07) is 0.497. The van der Waals surface area contributed by atoms with Crippen LogP contribution in [0.3, 0.4) is 0 Å². The number of hydrogen-bond donors (Lipinski definition) is 2. The molecule has 0 radical (unpaired) electrons. The molecular weight excluding hydrogens is 475 g/mol. The fraction of sp³-hybridized carbons (Fsp3) is 0.778. The van der Waals surface area contributed by atoms with E-state index in [4.69, 9.17) is 4.74 Å². The molecule has 0 spiro atoms. The highest BCUT2D eigenvalue weighted by atomic mass is 127. The van der Waals surface area contributed by atoms with Crippen molar-refractivity contribution in [1.82, 2.24) is 20.5 Å². The zero-order chi connectivity index (χ0) is 18.9. The first kappa shape index (κ1) is 24.4. The van der Waals surface area contributed by atoms with Gasteiger partial charge < -0.3 is 20.3 Å². The highest BCUT2D eigenvalue weighted by molar-refractivity contribution is 14.0. The minimum atomic E-state index is 0. The Morgan fingerprint density at radius 1 is 1.33 bits per heavy atom. The molecule has 2 heterocycles. The van der Waals surface area contributed by atoms with Gasteiger partial charge in [0.05, 0.1) is 25.5 Å². The van der Waals surface area contributed by atoms with Gasteiger partial charge in [-0.15, -0.1) is 35.3 Å². The van der Waals surface area contributed by atoms with Gasteiger partial charge in [0.15, 0.2) is 11.1 Å². The summed E-state index contributed by atoms with van der Waals surface area (Å²) in [7, 11) is 5.84. The maximum Gasteiger partial charge on any atom is 0.191 e. The standard InChI is InChI=1S/C18H34N6OS.HI/c1-14(2)10-16(24-6-8-25-9-7-24)12-21-17(19-3)20-11-15-13-26-18(22-15)23(4)5;/h13-14,16H,6-12H2,1-5H3,(H2,19,20,21);1H. The van der Waals surface area contributed by atoms with Crippen LogP contribution in [-0.2, 0) is 11.3 Å². The van der Waals surface area contributed by atoms with Crippen LogP contribution in [0.5, 0.6) is 0 Å². The second-order valence-electron chi connectivity index (χ2n) is 7.25. The number of thiazole rings is 1. The third-order valence-corrected chi connectivity index (χ3v) is 5.45. The second kappa shape index (κ2) is 12.7. The highest BCUT2D eigenvalue weighted by Gasteiger charge is 2.22. The Kier molecular flexibility index (Phi) is 11.5. The predicted octanol–water partition coefficient (Wildman–Crippen LogP) is 2.24. The van der Waals surface area contributed by atoms with Crippen molar-refractivity contribution in [2.24, 2.45) is 10.9 Å². The molecule has 0 amide bonds. The summed E-state index contributed by atoms with van der Waals surface area (Å²) >= 11 is 1.66. The van der Waals surface area contributed by atoms with Crippen molar-refractivity contribution in [3.63, 3.8) is 0 Å². The van der Waals surface area contributed by atoms with E-state index < -0.39 is 0 Å². The molecule has 0 saturated carbocycles. The summed E-state index contributed by atoms with van der Waals surface area (Å²) in [5.74, 6) is 1.49. The van der Waals surface area contributed by atoms with Gasteiger partial charge in [-0.2, -0.15) is 0 Å². The van der Waals surface area contributed by atoms with Gasteiger partial charge in [0.25, 0.3) is 0 Å². The maximum absolute atomic E-state index is 5.50. The molecule has 0 aromatic carbocycles. The molecule has 1 unspecified atom stereocenters. The van der Waals surface area contributed by atoms with Gasteiger partial charge in [-0.05, 0) is 12.3 Å². The quantitative estimate of drug-likeness (QED) is 0.318. The highest BCUT2D eigenvalue weighted by Crippen LogP contribution is 2.17. The smallest absolute Gasteiger partial charge is 0.191 e. The number of anilines is 1. The van der Waals surface area contributed by atoms with Crippen molar-refractivity contribution < 1.29 is 4.74 Å². The van der Waals surface area contributed by atoms with E-state index in [0.29, 0.717) is 18.5 Å². The molecule has 1 aliphatic heterocycles. The normalized spacial score (nSPS) is 16.7. The lowest BCUT2D eigenvalue weighted by Crippen LogP contribution is -2.51. The third kappa shape index (κ3) is 8.49. The fourth-order valence-corrected chi connectivity index (χ4v) is 3.80. The van der Waals surface area contributed by atoms with Gasteiger partial charge in [0.1, 0.15) is 0 Å². The van der Waals surface area contributed by atoms with Gasteiger partial charge in [-0.25, -0.2) is 4.98 Å². The number of hydrogen-bond acceptors (Lipinski definition) is 6. The van der Waals surface area contributed by atoms with Crippen LogP contribution >= 0.6 is 35.3 Å². The maximum atomic E-state index is 5.50. The zero-order valence-electron chi connectivity index (χ0n) is 17.2. The molecule has 27 heavy (non-hydrogen) atoms. The van der Waals surface area contributed by atoms with E-state index in [-0.39, 0.29) is 24.0 Å². The molecule has 2 rings (SSSR count). The van der Waals surface area contributed by atoms with Crippen LogP contribution in [0.4, 0.5) is 5.13 Å². The van der Waals surface area contributed by atoms with Crippen molar-refractivity contribution in [2.45, 2.75) is 32.9 Å². The first-order chi connectivity index (χ1) is 12.5. The molecule has 1 aromatic heterocycles. The molecule has 9 heteroatoms. The van der Waals surface area contributed by atoms with E-state index in [1.165, 1.54) is 6.42 Å². The number of rotatable bonds is 8. The van der Waals surface area contributed by atoms with E-state index in [1.807, 2.05) is 26.0 Å². The fourth-order valence-electron chi connectivity index (χ4n) is 3.04. The van der Waals surface area contributed by atoms with E-state index in [2.05, 4.69) is 44.7 Å². The molecular formula is C18H35IN6OS. The van der Waals surface area contributed by atoms with Crippen LogP contribution in [-0.4, -0.2) is 75.9 Å². The largest absolute Gasteiger partial charge is 0.379 e. The van der Waals surface area contributed by atoms with Crippen molar-refractivity contribution in [1.29, 1.82) is 0 Å².